The Morgan fingerprint density at radius 1 is 1.29 bits per heavy atom. The Morgan fingerprint density at radius 2 is 1.43 bits per heavy atom. The first-order valence-corrected chi connectivity index (χ1v) is 2.44. The molecule has 0 saturated carbocycles. The molecule has 0 aromatic heterocycles. The third-order valence-electron chi connectivity index (χ3n) is 0.298. The molecule has 0 aliphatic heterocycles. The molecule has 0 radical (unpaired) electrons. The van der Waals surface area contributed by atoms with E-state index in [0.717, 1.165) is 4.31 Å². The van der Waals surface area contributed by atoms with Crippen LogP contribution in [-0.4, -0.2) is 35.8 Å². The molecular formula is C2H8AlNO2S. The summed E-state index contributed by atoms with van der Waals surface area (Å²) < 4.78 is 20.3. The van der Waals surface area contributed by atoms with E-state index in [9.17, 15) is 8.42 Å². The van der Waals surface area contributed by atoms with Crippen LogP contribution in [0.15, 0.2) is 0 Å². The maximum atomic E-state index is 9.62. The van der Waals surface area contributed by atoms with Crippen molar-refractivity contribution in [2.75, 3.05) is 14.1 Å². The van der Waals surface area contributed by atoms with Gasteiger partial charge in [-0.2, -0.15) is 0 Å². The molecule has 0 aliphatic rings. The molecule has 0 bridgehead atoms. The van der Waals surface area contributed by atoms with Crippen molar-refractivity contribution < 1.29 is 8.42 Å². The molecule has 0 aromatic rings. The van der Waals surface area contributed by atoms with Crippen LogP contribution in [0.25, 0.3) is 0 Å². The summed E-state index contributed by atoms with van der Waals surface area (Å²) in [6, 6.07) is 0. The van der Waals surface area contributed by atoms with Gasteiger partial charge in [-0.1, -0.05) is 0 Å². The molecule has 5 heteroatoms. The fourth-order valence-electron chi connectivity index (χ4n) is 0. The van der Waals surface area contributed by atoms with E-state index >= 15 is 0 Å². The van der Waals surface area contributed by atoms with E-state index in [0.29, 0.717) is 0 Å². The molecule has 0 amide bonds. The van der Waals surface area contributed by atoms with Gasteiger partial charge in [0.15, 0.2) is 0 Å². The van der Waals surface area contributed by atoms with Gasteiger partial charge in [-0.25, -0.2) is 0 Å². The number of hydrogen-bond acceptors (Lipinski definition) is 3. The second kappa shape index (κ2) is 4.60. The van der Waals surface area contributed by atoms with Crippen LogP contribution in [0.5, 0.6) is 0 Å². The van der Waals surface area contributed by atoms with Crippen molar-refractivity contribution in [3.8, 4) is 0 Å². The summed E-state index contributed by atoms with van der Waals surface area (Å²) in [5.74, 6) is 0. The van der Waals surface area contributed by atoms with Crippen molar-refractivity contribution in [3.63, 3.8) is 0 Å². The monoisotopic (exact) mass is 137 g/mol. The van der Waals surface area contributed by atoms with Crippen LogP contribution in [0.3, 0.4) is 0 Å². The summed E-state index contributed by atoms with van der Waals surface area (Å²) in [6.07, 6.45) is 0. The summed E-state index contributed by atoms with van der Waals surface area (Å²) in [4.78, 5) is 0. The summed E-state index contributed by atoms with van der Waals surface area (Å²) in [5, 5.41) is 0. The van der Waals surface area contributed by atoms with E-state index in [1.807, 2.05) is 0 Å². The van der Waals surface area contributed by atoms with E-state index in [2.05, 4.69) is 0 Å². The zero-order chi connectivity index (χ0) is 5.15. The summed E-state index contributed by atoms with van der Waals surface area (Å²) in [7, 11) is 0.889. The topological polar surface area (TPSA) is 37.4 Å². The molecule has 0 aliphatic carbocycles. The molecule has 0 saturated heterocycles. The van der Waals surface area contributed by atoms with Gasteiger partial charge >= 0.3 is 17.4 Å². The van der Waals surface area contributed by atoms with Gasteiger partial charge in [-0.05, 0) is 25.0 Å². The van der Waals surface area contributed by atoms with Crippen molar-refractivity contribution in [1.29, 1.82) is 0 Å². The van der Waals surface area contributed by atoms with Gasteiger partial charge in [0.05, 0.1) is 0 Å². The van der Waals surface area contributed by atoms with Gasteiger partial charge in [-0.15, -0.1) is 0 Å². The van der Waals surface area contributed by atoms with Crippen molar-refractivity contribution >= 4 is 28.3 Å². The van der Waals surface area contributed by atoms with Crippen molar-refractivity contribution in [2.24, 2.45) is 0 Å². The van der Waals surface area contributed by atoms with Gasteiger partial charge < -0.3 is 12.7 Å². The SMILES string of the molecule is CN(C)[S-](=O)=O.[AlH2+]. The van der Waals surface area contributed by atoms with Crippen LogP contribution in [0.4, 0.5) is 0 Å². The van der Waals surface area contributed by atoms with Gasteiger partial charge in [0.1, 0.15) is 0 Å². The van der Waals surface area contributed by atoms with Crippen molar-refractivity contribution in [3.05, 3.63) is 0 Å². The number of rotatable bonds is 1. The molecule has 3 nitrogen and oxygen atoms in total. The molecular weight excluding hydrogens is 129 g/mol. The molecule has 42 valence electrons. The average Bonchev–Trinajstić information content (AvgIpc) is 1.36. The molecule has 7 heavy (non-hydrogen) atoms. The summed E-state index contributed by atoms with van der Waals surface area (Å²) >= 11 is 0. The molecule has 0 aromatic carbocycles. The second-order valence-electron chi connectivity index (χ2n) is 1.03. The van der Waals surface area contributed by atoms with Gasteiger partial charge in [0.2, 0.25) is 0 Å². The molecule has 0 heterocycles. The predicted molar refractivity (Wildman–Crippen MR) is 31.0 cm³/mol. The molecule has 0 unspecified atom stereocenters. The Kier molecular flexibility index (Phi) is 6.85. The zero-order valence-electron chi connectivity index (χ0n) is 4.67. The van der Waals surface area contributed by atoms with Crippen LogP contribution < -0.4 is 0 Å². The van der Waals surface area contributed by atoms with Crippen LogP contribution >= 0.6 is 0 Å². The Hall–Kier alpha value is 0.442. The Morgan fingerprint density at radius 3 is 1.43 bits per heavy atom. The Balaban J connectivity index is 0. The maximum absolute atomic E-state index is 9.62. The fraction of sp³-hybridized carbons (Fsp3) is 1.00. The van der Waals surface area contributed by atoms with E-state index in [1.54, 1.807) is 0 Å². The first kappa shape index (κ1) is 10.4. The van der Waals surface area contributed by atoms with Crippen LogP contribution in [0.2, 0.25) is 0 Å². The zero-order valence-corrected chi connectivity index (χ0v) is 7.49. The summed E-state index contributed by atoms with van der Waals surface area (Å²) in [6.45, 7) is 0. The van der Waals surface area contributed by atoms with Gasteiger partial charge in [0.25, 0.3) is 0 Å². The number of nitrogens with zero attached hydrogens (tertiary/aromatic N) is 1. The Bertz CT molecular complexity index is 91.9. The van der Waals surface area contributed by atoms with Crippen LogP contribution in [0.1, 0.15) is 0 Å². The van der Waals surface area contributed by atoms with Crippen LogP contribution in [0, 0.1) is 0 Å². The quantitative estimate of drug-likeness (QED) is 0.338. The van der Waals surface area contributed by atoms with Gasteiger partial charge in [0, 0.05) is 0 Å². The molecule has 0 rings (SSSR count). The van der Waals surface area contributed by atoms with E-state index in [-0.39, 0.29) is 17.4 Å². The summed E-state index contributed by atoms with van der Waals surface area (Å²) in [5.41, 5.74) is 0. The van der Waals surface area contributed by atoms with E-state index in [4.69, 9.17) is 0 Å². The Labute approximate surface area is 55.5 Å². The molecule has 0 spiro atoms. The first-order valence-electron chi connectivity index (χ1n) is 1.41. The van der Waals surface area contributed by atoms with E-state index in [1.165, 1.54) is 14.1 Å². The first-order chi connectivity index (χ1) is 2.64. The van der Waals surface area contributed by atoms with Crippen molar-refractivity contribution in [1.82, 2.24) is 4.31 Å². The number of hydrogen-bond donors (Lipinski definition) is 0. The molecule has 0 N–H and O–H groups in total. The fourth-order valence-corrected chi connectivity index (χ4v) is 0. The normalized spacial score (nSPS) is 9.14. The van der Waals surface area contributed by atoms with E-state index < -0.39 is 10.9 Å². The standard InChI is InChI=1S/C2H6NO2S.Al.2H/c1-3(2)6(4)5;;;/h1-2H3;;;/q-1;+1;;. The minimum absolute atomic E-state index is 0. The van der Waals surface area contributed by atoms with Gasteiger partial charge in [-0.3, -0.25) is 0 Å². The van der Waals surface area contributed by atoms with Crippen molar-refractivity contribution in [2.45, 2.75) is 0 Å². The predicted octanol–water partition coefficient (Wildman–Crippen LogP) is -1.14. The third kappa shape index (κ3) is 6.44. The molecule has 0 fully saturated rings. The average molecular weight is 137 g/mol. The molecule has 0 atom stereocenters. The minimum atomic E-state index is -2.03. The van der Waals surface area contributed by atoms with Crippen LogP contribution in [-0.2, 0) is 19.3 Å². The second-order valence-corrected chi connectivity index (χ2v) is 2.19. The third-order valence-corrected chi connectivity index (χ3v) is 0.894.